The van der Waals surface area contributed by atoms with Gasteiger partial charge in [-0.1, -0.05) is 11.3 Å². The van der Waals surface area contributed by atoms with Gasteiger partial charge in [-0.15, -0.1) is 11.3 Å². The van der Waals surface area contributed by atoms with Crippen molar-refractivity contribution in [1.29, 1.82) is 0 Å². The van der Waals surface area contributed by atoms with Crippen molar-refractivity contribution in [3.63, 3.8) is 0 Å². The topological polar surface area (TPSA) is 54.9 Å². The molecule has 1 fully saturated rings. The van der Waals surface area contributed by atoms with Gasteiger partial charge in [0.2, 0.25) is 0 Å². The predicted octanol–water partition coefficient (Wildman–Crippen LogP) is 4.11. The van der Waals surface area contributed by atoms with E-state index >= 15 is 0 Å². The van der Waals surface area contributed by atoms with Crippen molar-refractivity contribution in [2.45, 2.75) is 0 Å². The number of hydrogen-bond donors (Lipinski definition) is 0. The zero-order valence-corrected chi connectivity index (χ0v) is 18.6. The van der Waals surface area contributed by atoms with Crippen LogP contribution in [0.1, 0.15) is 9.67 Å². The summed E-state index contributed by atoms with van der Waals surface area (Å²) in [6.07, 6.45) is 0. The summed E-state index contributed by atoms with van der Waals surface area (Å²) in [5.74, 6) is 0.770. The van der Waals surface area contributed by atoms with Crippen LogP contribution in [-0.2, 0) is 4.74 Å². The molecule has 0 spiro atoms. The van der Waals surface area contributed by atoms with Gasteiger partial charge < -0.3 is 9.47 Å². The molecule has 28 heavy (non-hydrogen) atoms. The number of benzene rings is 1. The number of ether oxygens (including phenoxy) is 2. The first-order valence-electron chi connectivity index (χ1n) is 8.96. The molecule has 1 aliphatic rings. The van der Waals surface area contributed by atoms with Gasteiger partial charge >= 0.3 is 0 Å². The largest absolute Gasteiger partial charge is 0.497 e. The van der Waals surface area contributed by atoms with Crippen LogP contribution in [0.5, 0.6) is 5.75 Å². The average Bonchev–Trinajstić information content (AvgIpc) is 3.34. The minimum Gasteiger partial charge on any atom is -0.497 e. The molecule has 3 heterocycles. The Morgan fingerprint density at radius 2 is 2.11 bits per heavy atom. The first kappa shape index (κ1) is 19.8. The smallest absolute Gasteiger partial charge is 0.270 e. The highest BCUT2D eigenvalue weighted by Gasteiger charge is 2.24. The maximum absolute atomic E-state index is 13.2. The fraction of sp³-hybridized carbons (Fsp3) is 0.368. The van der Waals surface area contributed by atoms with Crippen molar-refractivity contribution < 1.29 is 14.3 Å². The van der Waals surface area contributed by atoms with E-state index in [-0.39, 0.29) is 5.91 Å². The molecule has 0 aliphatic carbocycles. The zero-order chi connectivity index (χ0) is 19.5. The predicted molar refractivity (Wildman–Crippen MR) is 117 cm³/mol. The van der Waals surface area contributed by atoms with Gasteiger partial charge in [-0.25, -0.2) is 4.98 Å². The lowest BCUT2D eigenvalue weighted by Gasteiger charge is -2.29. The molecule has 2 aromatic heterocycles. The molecule has 3 aromatic rings. The quantitative estimate of drug-likeness (QED) is 0.530. The fourth-order valence-electron chi connectivity index (χ4n) is 3.05. The SMILES string of the molecule is COc1ccc2nc(N(CCN3CCOCC3)C(=O)c3ccc(Br)s3)sc2c1. The number of hydrogen-bond acceptors (Lipinski definition) is 7. The highest BCUT2D eigenvalue weighted by molar-refractivity contribution is 9.11. The molecule has 0 radical (unpaired) electrons. The van der Waals surface area contributed by atoms with Crippen LogP contribution in [0.3, 0.4) is 0 Å². The third-order valence-electron chi connectivity index (χ3n) is 4.59. The molecule has 9 heteroatoms. The summed E-state index contributed by atoms with van der Waals surface area (Å²) >= 11 is 6.41. The van der Waals surface area contributed by atoms with Crippen LogP contribution < -0.4 is 9.64 Å². The summed E-state index contributed by atoms with van der Waals surface area (Å²) < 4.78 is 12.7. The van der Waals surface area contributed by atoms with E-state index in [0.717, 1.165) is 52.6 Å². The van der Waals surface area contributed by atoms with Crippen LogP contribution in [0.2, 0.25) is 0 Å². The Morgan fingerprint density at radius 3 is 2.82 bits per heavy atom. The summed E-state index contributed by atoms with van der Waals surface area (Å²) in [7, 11) is 1.65. The van der Waals surface area contributed by atoms with Crippen LogP contribution in [0.25, 0.3) is 10.2 Å². The molecular weight excluding hydrogens is 462 g/mol. The highest BCUT2D eigenvalue weighted by Crippen LogP contribution is 2.33. The van der Waals surface area contributed by atoms with Gasteiger partial charge in [-0.05, 0) is 46.3 Å². The Kier molecular flexibility index (Phi) is 6.27. The molecule has 1 aromatic carbocycles. The number of anilines is 1. The lowest BCUT2D eigenvalue weighted by atomic mass is 10.3. The Morgan fingerprint density at radius 1 is 1.29 bits per heavy atom. The summed E-state index contributed by atoms with van der Waals surface area (Å²) in [6.45, 7) is 4.65. The van der Waals surface area contributed by atoms with Gasteiger partial charge in [0.15, 0.2) is 5.13 Å². The Labute approximate surface area is 179 Å². The molecule has 1 amide bonds. The average molecular weight is 482 g/mol. The standard InChI is InChI=1S/C19H20BrN3O3S2/c1-25-13-2-3-14-16(12-13)28-19(21-14)23(7-6-22-8-10-26-11-9-22)18(24)15-4-5-17(20)27-15/h2-5,12H,6-11H2,1H3. The zero-order valence-electron chi connectivity index (χ0n) is 15.4. The van der Waals surface area contributed by atoms with E-state index in [2.05, 4.69) is 20.8 Å². The molecule has 0 bridgehead atoms. The van der Waals surface area contributed by atoms with E-state index in [1.807, 2.05) is 30.3 Å². The molecule has 0 saturated carbocycles. The van der Waals surface area contributed by atoms with E-state index in [1.54, 1.807) is 12.0 Å². The monoisotopic (exact) mass is 481 g/mol. The van der Waals surface area contributed by atoms with Crippen molar-refractivity contribution >= 4 is 59.9 Å². The van der Waals surface area contributed by atoms with Crippen LogP contribution >= 0.6 is 38.6 Å². The number of nitrogens with zero attached hydrogens (tertiary/aromatic N) is 3. The van der Waals surface area contributed by atoms with Crippen LogP contribution in [-0.4, -0.2) is 62.3 Å². The normalized spacial score (nSPS) is 15.1. The lowest BCUT2D eigenvalue weighted by molar-refractivity contribution is 0.0391. The number of aromatic nitrogens is 1. The molecular formula is C19H20BrN3O3S2. The summed E-state index contributed by atoms with van der Waals surface area (Å²) in [5, 5.41) is 0.714. The summed E-state index contributed by atoms with van der Waals surface area (Å²) in [5.41, 5.74) is 0.873. The molecule has 0 unspecified atom stereocenters. The number of amides is 1. The number of thiophene rings is 1. The fourth-order valence-corrected chi connectivity index (χ4v) is 5.40. The molecule has 0 N–H and O–H groups in total. The van der Waals surface area contributed by atoms with E-state index in [0.29, 0.717) is 16.6 Å². The van der Waals surface area contributed by atoms with E-state index in [1.165, 1.54) is 22.7 Å². The van der Waals surface area contributed by atoms with Gasteiger partial charge in [0.25, 0.3) is 5.91 Å². The molecule has 1 saturated heterocycles. The van der Waals surface area contributed by atoms with Crippen molar-refractivity contribution in [3.05, 3.63) is 39.0 Å². The number of carbonyl (C=O) groups excluding carboxylic acids is 1. The minimum absolute atomic E-state index is 0.0185. The van der Waals surface area contributed by atoms with Crippen LogP contribution in [0, 0.1) is 0 Å². The maximum atomic E-state index is 13.2. The second-order valence-electron chi connectivity index (χ2n) is 6.34. The third kappa shape index (κ3) is 4.38. The van der Waals surface area contributed by atoms with Crippen molar-refractivity contribution in [2.24, 2.45) is 0 Å². The second-order valence-corrected chi connectivity index (χ2v) is 9.82. The lowest BCUT2D eigenvalue weighted by Crippen LogP contribution is -2.43. The number of methoxy groups -OCH3 is 1. The molecule has 6 nitrogen and oxygen atoms in total. The van der Waals surface area contributed by atoms with Gasteiger partial charge in [-0.2, -0.15) is 0 Å². The second kappa shape index (κ2) is 8.87. The van der Waals surface area contributed by atoms with Crippen molar-refractivity contribution in [3.8, 4) is 5.75 Å². The molecule has 4 rings (SSSR count). The minimum atomic E-state index is -0.0185. The number of morpholine rings is 1. The van der Waals surface area contributed by atoms with Crippen LogP contribution in [0.4, 0.5) is 5.13 Å². The Balaban J connectivity index is 1.62. The Bertz CT molecular complexity index is 968. The Hall–Kier alpha value is -1.52. The highest BCUT2D eigenvalue weighted by atomic mass is 79.9. The maximum Gasteiger partial charge on any atom is 0.270 e. The first-order valence-corrected chi connectivity index (χ1v) is 11.4. The van der Waals surface area contributed by atoms with Crippen molar-refractivity contribution in [1.82, 2.24) is 9.88 Å². The third-order valence-corrected chi connectivity index (χ3v) is 7.24. The number of fused-ring (bicyclic) bond motifs is 1. The van der Waals surface area contributed by atoms with Gasteiger partial charge in [-0.3, -0.25) is 14.6 Å². The molecule has 148 valence electrons. The number of thiazole rings is 1. The first-order chi connectivity index (χ1) is 13.6. The number of carbonyl (C=O) groups is 1. The van der Waals surface area contributed by atoms with E-state index in [9.17, 15) is 4.79 Å². The summed E-state index contributed by atoms with van der Waals surface area (Å²) in [6, 6.07) is 9.54. The van der Waals surface area contributed by atoms with Gasteiger partial charge in [0.05, 0.1) is 39.2 Å². The van der Waals surface area contributed by atoms with Gasteiger partial charge in [0.1, 0.15) is 5.75 Å². The molecule has 1 aliphatic heterocycles. The van der Waals surface area contributed by atoms with Gasteiger partial charge in [0, 0.05) is 26.2 Å². The van der Waals surface area contributed by atoms with Crippen LogP contribution in [0.15, 0.2) is 34.1 Å². The number of rotatable bonds is 6. The van der Waals surface area contributed by atoms with E-state index in [4.69, 9.17) is 14.5 Å². The van der Waals surface area contributed by atoms with Crippen molar-refractivity contribution in [2.75, 3.05) is 51.4 Å². The summed E-state index contributed by atoms with van der Waals surface area (Å²) in [4.78, 5) is 22.8. The molecule has 0 atom stereocenters. The number of halogens is 1. The van der Waals surface area contributed by atoms with E-state index < -0.39 is 0 Å².